The van der Waals surface area contributed by atoms with E-state index in [-0.39, 0.29) is 0 Å². The number of imidazole rings is 2. The van der Waals surface area contributed by atoms with E-state index in [9.17, 15) is 0 Å². The van der Waals surface area contributed by atoms with Crippen LogP contribution in [0.3, 0.4) is 0 Å². The second-order valence-electron chi connectivity index (χ2n) is 7.82. The number of nitrogens with one attached hydrogen (secondary N) is 1. The topological polar surface area (TPSA) is 63.3 Å². The van der Waals surface area contributed by atoms with Gasteiger partial charge in [-0.05, 0) is 38.3 Å². The molecular formula is C22H31N7. The number of benzene rings is 1. The number of aliphatic imine (C=N–C) groups is 1. The molecule has 0 spiro atoms. The van der Waals surface area contributed by atoms with Crippen LogP contribution in [-0.2, 0) is 6.54 Å². The van der Waals surface area contributed by atoms with Gasteiger partial charge in [0.15, 0.2) is 5.96 Å². The van der Waals surface area contributed by atoms with E-state index < -0.39 is 0 Å². The number of likely N-dealkylation sites (tertiary alicyclic amines) is 1. The average molecular weight is 394 g/mol. The number of fused-ring (bicyclic) bond motifs is 1. The SMILES string of the molecule is CCNC(=NCCn1c(C)nc2ccccc21)N1CCC(C)C(n2ccnc2)C1. The standard InChI is InChI=1S/C22H31N7/c1-4-24-22(27-12-9-17(2)21(15-27)28-13-10-23-16-28)25-11-14-29-18(3)26-19-7-5-6-8-20(19)29/h5-8,10,13,16-17,21H,4,9,11-12,14-15H2,1-3H3,(H,24,25). The normalized spacial score (nSPS) is 20.4. The minimum atomic E-state index is 0.426. The fourth-order valence-electron chi connectivity index (χ4n) is 4.25. The van der Waals surface area contributed by atoms with Crippen LogP contribution in [0.25, 0.3) is 11.0 Å². The molecule has 1 fully saturated rings. The quantitative estimate of drug-likeness (QED) is 0.534. The number of hydrogen-bond acceptors (Lipinski definition) is 3. The highest BCUT2D eigenvalue weighted by Crippen LogP contribution is 2.27. The molecule has 7 nitrogen and oxygen atoms in total. The summed E-state index contributed by atoms with van der Waals surface area (Å²) in [4.78, 5) is 16.3. The fraction of sp³-hybridized carbons (Fsp3) is 0.500. The van der Waals surface area contributed by atoms with Crippen molar-refractivity contribution in [1.82, 2.24) is 29.3 Å². The molecule has 1 aromatic carbocycles. The summed E-state index contributed by atoms with van der Waals surface area (Å²) >= 11 is 0. The maximum Gasteiger partial charge on any atom is 0.194 e. The van der Waals surface area contributed by atoms with Crippen LogP contribution in [0, 0.1) is 12.8 Å². The number of piperidine rings is 1. The Kier molecular flexibility index (Phi) is 5.83. The third kappa shape index (κ3) is 4.13. The van der Waals surface area contributed by atoms with Gasteiger partial charge in [0.1, 0.15) is 5.82 Å². The molecule has 2 aromatic heterocycles. The Hall–Kier alpha value is -2.83. The number of rotatable bonds is 5. The van der Waals surface area contributed by atoms with Crippen LogP contribution >= 0.6 is 0 Å². The Morgan fingerprint density at radius 3 is 2.97 bits per heavy atom. The minimum Gasteiger partial charge on any atom is -0.357 e. The lowest BCUT2D eigenvalue weighted by molar-refractivity contribution is 0.189. The van der Waals surface area contributed by atoms with Crippen molar-refractivity contribution in [2.75, 3.05) is 26.2 Å². The van der Waals surface area contributed by atoms with Gasteiger partial charge in [-0.2, -0.15) is 0 Å². The van der Waals surface area contributed by atoms with Crippen LogP contribution in [0.1, 0.15) is 32.1 Å². The fourth-order valence-corrected chi connectivity index (χ4v) is 4.25. The largest absolute Gasteiger partial charge is 0.357 e. The summed E-state index contributed by atoms with van der Waals surface area (Å²) in [5.41, 5.74) is 2.23. The van der Waals surface area contributed by atoms with E-state index >= 15 is 0 Å². The van der Waals surface area contributed by atoms with Gasteiger partial charge in [0.2, 0.25) is 0 Å². The monoisotopic (exact) mass is 393 g/mol. The van der Waals surface area contributed by atoms with E-state index in [1.54, 1.807) is 0 Å². The van der Waals surface area contributed by atoms with E-state index in [0.29, 0.717) is 12.0 Å². The van der Waals surface area contributed by atoms with Crippen LogP contribution in [0.4, 0.5) is 0 Å². The van der Waals surface area contributed by atoms with Crippen molar-refractivity contribution < 1.29 is 0 Å². The number of aryl methyl sites for hydroxylation is 1. The highest BCUT2D eigenvalue weighted by atomic mass is 15.3. The molecule has 7 heteroatoms. The zero-order valence-electron chi connectivity index (χ0n) is 17.6. The average Bonchev–Trinajstić information content (AvgIpc) is 3.36. The molecule has 1 aliphatic heterocycles. The van der Waals surface area contributed by atoms with Crippen molar-refractivity contribution in [1.29, 1.82) is 0 Å². The van der Waals surface area contributed by atoms with Gasteiger partial charge in [-0.1, -0.05) is 19.1 Å². The molecule has 1 aliphatic rings. The zero-order valence-corrected chi connectivity index (χ0v) is 17.6. The Balaban J connectivity index is 1.48. The van der Waals surface area contributed by atoms with Gasteiger partial charge in [0.05, 0.1) is 29.9 Å². The molecule has 29 heavy (non-hydrogen) atoms. The molecule has 0 radical (unpaired) electrons. The summed E-state index contributed by atoms with van der Waals surface area (Å²) < 4.78 is 4.50. The molecule has 1 saturated heterocycles. The molecule has 154 valence electrons. The van der Waals surface area contributed by atoms with Crippen LogP contribution in [0.2, 0.25) is 0 Å². The van der Waals surface area contributed by atoms with E-state index in [1.165, 1.54) is 5.52 Å². The lowest BCUT2D eigenvalue weighted by atomic mass is 9.93. The van der Waals surface area contributed by atoms with E-state index in [4.69, 9.17) is 4.99 Å². The van der Waals surface area contributed by atoms with Crippen molar-refractivity contribution in [3.05, 3.63) is 48.8 Å². The summed E-state index contributed by atoms with van der Waals surface area (Å²) in [5.74, 6) is 2.67. The van der Waals surface area contributed by atoms with Crippen molar-refractivity contribution in [2.24, 2.45) is 10.9 Å². The first-order chi connectivity index (χ1) is 14.2. The highest BCUT2D eigenvalue weighted by molar-refractivity contribution is 5.80. The summed E-state index contributed by atoms with van der Waals surface area (Å²) in [5, 5.41) is 3.49. The van der Waals surface area contributed by atoms with Gasteiger partial charge in [0.25, 0.3) is 0 Å². The number of guanidine groups is 1. The van der Waals surface area contributed by atoms with Gasteiger partial charge in [-0.15, -0.1) is 0 Å². The lowest BCUT2D eigenvalue weighted by Crippen LogP contribution is -2.49. The number of para-hydroxylation sites is 2. The zero-order chi connectivity index (χ0) is 20.2. The van der Waals surface area contributed by atoms with Crippen LogP contribution in [-0.4, -0.2) is 56.1 Å². The lowest BCUT2D eigenvalue weighted by Gasteiger charge is -2.39. The number of nitrogens with zero attached hydrogens (tertiary/aromatic N) is 6. The van der Waals surface area contributed by atoms with Crippen LogP contribution < -0.4 is 5.32 Å². The molecule has 0 saturated carbocycles. The van der Waals surface area contributed by atoms with E-state index in [0.717, 1.165) is 56.4 Å². The predicted octanol–water partition coefficient (Wildman–Crippen LogP) is 3.09. The van der Waals surface area contributed by atoms with Crippen molar-refractivity contribution in [3.8, 4) is 0 Å². The van der Waals surface area contributed by atoms with Crippen LogP contribution in [0.5, 0.6) is 0 Å². The first-order valence-electron chi connectivity index (χ1n) is 10.6. The Morgan fingerprint density at radius 2 is 2.17 bits per heavy atom. The van der Waals surface area contributed by atoms with Gasteiger partial charge in [-0.25, -0.2) is 9.97 Å². The second-order valence-corrected chi connectivity index (χ2v) is 7.82. The first kappa shape index (κ1) is 19.5. The smallest absolute Gasteiger partial charge is 0.194 e. The number of aromatic nitrogens is 4. The highest BCUT2D eigenvalue weighted by Gasteiger charge is 2.28. The Labute approximate surface area is 172 Å². The third-order valence-corrected chi connectivity index (χ3v) is 5.89. The molecule has 2 unspecified atom stereocenters. The van der Waals surface area contributed by atoms with E-state index in [2.05, 4.69) is 74.5 Å². The first-order valence-corrected chi connectivity index (χ1v) is 10.6. The molecule has 0 bridgehead atoms. The Morgan fingerprint density at radius 1 is 1.31 bits per heavy atom. The molecule has 3 heterocycles. The molecule has 3 aromatic rings. The maximum atomic E-state index is 4.96. The maximum absolute atomic E-state index is 4.96. The summed E-state index contributed by atoms with van der Waals surface area (Å²) in [6.45, 7) is 10.9. The van der Waals surface area contributed by atoms with Gasteiger partial charge in [0, 0.05) is 38.6 Å². The molecule has 0 aliphatic carbocycles. The van der Waals surface area contributed by atoms with Crippen LogP contribution in [0.15, 0.2) is 48.0 Å². The van der Waals surface area contributed by atoms with Crippen molar-refractivity contribution >= 4 is 17.0 Å². The molecule has 1 N–H and O–H groups in total. The molecular weight excluding hydrogens is 362 g/mol. The van der Waals surface area contributed by atoms with Crippen molar-refractivity contribution in [2.45, 2.75) is 39.8 Å². The molecule has 2 atom stereocenters. The second kappa shape index (κ2) is 8.68. The summed E-state index contributed by atoms with van der Waals surface area (Å²) in [6.07, 6.45) is 7.02. The third-order valence-electron chi connectivity index (χ3n) is 5.89. The number of hydrogen-bond donors (Lipinski definition) is 1. The molecule has 4 rings (SSSR count). The van der Waals surface area contributed by atoms with Gasteiger partial charge >= 0.3 is 0 Å². The molecule has 0 amide bonds. The predicted molar refractivity (Wildman–Crippen MR) is 117 cm³/mol. The summed E-state index contributed by atoms with van der Waals surface area (Å²) in [7, 11) is 0. The van der Waals surface area contributed by atoms with Gasteiger partial charge < -0.3 is 19.4 Å². The Bertz CT molecular complexity index is 957. The minimum absolute atomic E-state index is 0.426. The van der Waals surface area contributed by atoms with Crippen molar-refractivity contribution in [3.63, 3.8) is 0 Å². The summed E-state index contributed by atoms with van der Waals surface area (Å²) in [6, 6.07) is 8.73. The van der Waals surface area contributed by atoms with E-state index in [1.807, 2.05) is 18.6 Å². The van der Waals surface area contributed by atoms with Gasteiger partial charge in [-0.3, -0.25) is 4.99 Å².